The fraction of sp³-hybridized carbons (Fsp3) is 0.0909. The maximum Gasteiger partial charge on any atom is 0.348 e. The van der Waals surface area contributed by atoms with E-state index in [1.54, 1.807) is 18.2 Å². The van der Waals surface area contributed by atoms with E-state index in [9.17, 15) is 9.59 Å². The number of nitrogen functional groups attached to an aromatic ring is 1. The highest BCUT2D eigenvalue weighted by Gasteiger charge is 2.12. The normalized spacial score (nSPS) is 10.4. The number of fused-ring (bicyclic) bond motifs is 1. The third-order valence-electron chi connectivity index (χ3n) is 2.09. The first-order valence-corrected chi connectivity index (χ1v) is 5.62. The molecule has 5 nitrogen and oxygen atoms in total. The molecule has 0 aliphatic heterocycles. The maximum absolute atomic E-state index is 11.6. The van der Waals surface area contributed by atoms with Crippen molar-refractivity contribution in [3.05, 3.63) is 29.1 Å². The van der Waals surface area contributed by atoms with Gasteiger partial charge in [0.05, 0.1) is 0 Å². The molecule has 1 amide bonds. The summed E-state index contributed by atoms with van der Waals surface area (Å²) in [5.74, 6) is -1.23. The summed E-state index contributed by atoms with van der Waals surface area (Å²) >= 11 is 1.28. The zero-order valence-corrected chi connectivity index (χ0v) is 9.62. The monoisotopic (exact) mass is 250 g/mol. The van der Waals surface area contributed by atoms with Gasteiger partial charge in [-0.15, -0.1) is 11.3 Å². The van der Waals surface area contributed by atoms with E-state index in [0.29, 0.717) is 10.6 Å². The van der Waals surface area contributed by atoms with E-state index >= 15 is 0 Å². The topological polar surface area (TPSA) is 95.4 Å². The van der Waals surface area contributed by atoms with Gasteiger partial charge in [-0.05, 0) is 29.7 Å². The van der Waals surface area contributed by atoms with Gasteiger partial charge in [-0.1, -0.05) is 0 Å². The molecular formula is C11H10N2O3S. The average molecular weight is 250 g/mol. The van der Waals surface area contributed by atoms with Gasteiger partial charge in [0, 0.05) is 10.4 Å². The van der Waals surface area contributed by atoms with Gasteiger partial charge in [-0.25, -0.2) is 4.79 Å². The summed E-state index contributed by atoms with van der Waals surface area (Å²) in [5, 5.41) is 0.876. The van der Waals surface area contributed by atoms with Crippen molar-refractivity contribution in [2.75, 3.05) is 12.3 Å². The summed E-state index contributed by atoms with van der Waals surface area (Å²) in [4.78, 5) is 22.5. The van der Waals surface area contributed by atoms with E-state index in [1.807, 2.05) is 6.07 Å². The third kappa shape index (κ3) is 2.54. The predicted molar refractivity (Wildman–Crippen MR) is 65.7 cm³/mol. The van der Waals surface area contributed by atoms with Crippen LogP contribution in [0.1, 0.15) is 9.67 Å². The van der Waals surface area contributed by atoms with Crippen molar-refractivity contribution >= 4 is 39.0 Å². The van der Waals surface area contributed by atoms with Crippen LogP contribution in [0.2, 0.25) is 0 Å². The van der Waals surface area contributed by atoms with Gasteiger partial charge in [0.1, 0.15) is 4.88 Å². The number of nitrogens with two attached hydrogens (primary N) is 2. The molecule has 4 N–H and O–H groups in total. The molecule has 2 rings (SSSR count). The minimum atomic E-state index is -0.677. The second-order valence-corrected chi connectivity index (χ2v) is 4.53. The smallest absolute Gasteiger partial charge is 0.348 e. The fourth-order valence-corrected chi connectivity index (χ4v) is 2.31. The molecule has 17 heavy (non-hydrogen) atoms. The van der Waals surface area contributed by atoms with E-state index in [2.05, 4.69) is 0 Å². The molecule has 88 valence electrons. The molecule has 0 saturated carbocycles. The number of esters is 1. The number of anilines is 1. The lowest BCUT2D eigenvalue weighted by Crippen LogP contribution is -2.20. The molecule has 2 aromatic rings. The Labute approximate surface area is 101 Å². The quantitative estimate of drug-likeness (QED) is 0.630. The van der Waals surface area contributed by atoms with Gasteiger partial charge in [-0.3, -0.25) is 4.79 Å². The second kappa shape index (κ2) is 4.42. The molecule has 6 heteroatoms. The van der Waals surface area contributed by atoms with Crippen LogP contribution in [0.4, 0.5) is 5.69 Å². The molecule has 0 spiro atoms. The van der Waals surface area contributed by atoms with Crippen LogP contribution in [0.5, 0.6) is 0 Å². The van der Waals surface area contributed by atoms with Crippen molar-refractivity contribution in [3.8, 4) is 0 Å². The molecule has 0 bridgehead atoms. The summed E-state index contributed by atoms with van der Waals surface area (Å²) in [5.41, 5.74) is 11.2. The van der Waals surface area contributed by atoms with E-state index < -0.39 is 18.5 Å². The molecule has 0 saturated heterocycles. The standard InChI is InChI=1S/C11H10N2O3S/c12-7-1-2-8-6(3-7)4-9(17-8)11(15)16-5-10(13)14/h1-4H,5,12H2,(H2,13,14). The Balaban J connectivity index is 2.24. The SMILES string of the molecule is NC(=O)COC(=O)c1cc2cc(N)ccc2s1. The highest BCUT2D eigenvalue weighted by Crippen LogP contribution is 2.27. The zero-order valence-electron chi connectivity index (χ0n) is 8.80. The molecule has 1 aromatic carbocycles. The Morgan fingerprint density at radius 2 is 2.06 bits per heavy atom. The number of amides is 1. The number of hydrogen-bond donors (Lipinski definition) is 2. The average Bonchev–Trinajstić information content (AvgIpc) is 2.68. The van der Waals surface area contributed by atoms with Crippen molar-refractivity contribution in [2.24, 2.45) is 5.73 Å². The second-order valence-electron chi connectivity index (χ2n) is 3.45. The zero-order chi connectivity index (χ0) is 12.4. The minimum Gasteiger partial charge on any atom is -0.451 e. The van der Waals surface area contributed by atoms with Crippen LogP contribution in [0, 0.1) is 0 Å². The first-order chi connectivity index (χ1) is 8.06. The van der Waals surface area contributed by atoms with Crippen LogP contribution in [0.15, 0.2) is 24.3 Å². The number of carbonyl (C=O) groups is 2. The Bertz CT molecular complexity index is 591. The fourth-order valence-electron chi connectivity index (χ4n) is 1.37. The molecule has 0 atom stereocenters. The summed E-state index contributed by atoms with van der Waals surface area (Å²) in [6.07, 6.45) is 0. The number of carbonyl (C=O) groups excluding carboxylic acids is 2. The van der Waals surface area contributed by atoms with Crippen molar-refractivity contribution in [2.45, 2.75) is 0 Å². The summed E-state index contributed by atoms with van der Waals surface area (Å²) in [6.45, 7) is -0.408. The van der Waals surface area contributed by atoms with E-state index in [1.165, 1.54) is 11.3 Å². The third-order valence-corrected chi connectivity index (χ3v) is 3.18. The Kier molecular flexibility index (Phi) is 2.97. The van der Waals surface area contributed by atoms with Crippen LogP contribution in [0.3, 0.4) is 0 Å². The van der Waals surface area contributed by atoms with Gasteiger partial charge >= 0.3 is 5.97 Å². The lowest BCUT2D eigenvalue weighted by atomic mass is 10.2. The highest BCUT2D eigenvalue weighted by molar-refractivity contribution is 7.20. The lowest BCUT2D eigenvalue weighted by molar-refractivity contribution is -0.121. The lowest BCUT2D eigenvalue weighted by Gasteiger charge is -1.97. The Hall–Kier alpha value is -2.08. The van der Waals surface area contributed by atoms with Crippen LogP contribution in [0.25, 0.3) is 10.1 Å². The van der Waals surface area contributed by atoms with E-state index in [0.717, 1.165) is 10.1 Å². The largest absolute Gasteiger partial charge is 0.451 e. The van der Waals surface area contributed by atoms with Crippen LogP contribution in [-0.2, 0) is 9.53 Å². The predicted octanol–water partition coefficient (Wildman–Crippen LogP) is 1.13. The van der Waals surface area contributed by atoms with Gasteiger partial charge < -0.3 is 16.2 Å². The molecule has 1 heterocycles. The number of hydrogen-bond acceptors (Lipinski definition) is 5. The number of rotatable bonds is 3. The first-order valence-electron chi connectivity index (χ1n) is 4.81. The number of thiophene rings is 1. The Morgan fingerprint density at radius 3 is 2.76 bits per heavy atom. The van der Waals surface area contributed by atoms with Crippen LogP contribution in [-0.4, -0.2) is 18.5 Å². The summed E-state index contributed by atoms with van der Waals surface area (Å²) < 4.78 is 5.65. The molecule has 0 unspecified atom stereocenters. The van der Waals surface area contributed by atoms with Crippen LogP contribution < -0.4 is 11.5 Å². The van der Waals surface area contributed by atoms with E-state index in [-0.39, 0.29) is 0 Å². The minimum absolute atomic E-state index is 0.408. The number of primary amides is 1. The van der Waals surface area contributed by atoms with Crippen molar-refractivity contribution in [3.63, 3.8) is 0 Å². The summed E-state index contributed by atoms with van der Waals surface area (Å²) in [6, 6.07) is 7.05. The van der Waals surface area contributed by atoms with Gasteiger partial charge in [0.2, 0.25) is 0 Å². The van der Waals surface area contributed by atoms with Gasteiger partial charge in [0.15, 0.2) is 6.61 Å². The number of benzene rings is 1. The van der Waals surface area contributed by atoms with Crippen molar-refractivity contribution < 1.29 is 14.3 Å². The van der Waals surface area contributed by atoms with Gasteiger partial charge in [-0.2, -0.15) is 0 Å². The maximum atomic E-state index is 11.6. The number of ether oxygens (including phenoxy) is 1. The molecule has 0 aliphatic carbocycles. The van der Waals surface area contributed by atoms with Crippen molar-refractivity contribution in [1.82, 2.24) is 0 Å². The molecule has 1 aromatic heterocycles. The van der Waals surface area contributed by atoms with Crippen molar-refractivity contribution in [1.29, 1.82) is 0 Å². The van der Waals surface area contributed by atoms with Gasteiger partial charge in [0.25, 0.3) is 5.91 Å². The Morgan fingerprint density at radius 1 is 1.29 bits per heavy atom. The summed E-state index contributed by atoms with van der Waals surface area (Å²) in [7, 11) is 0. The highest BCUT2D eigenvalue weighted by atomic mass is 32.1. The van der Waals surface area contributed by atoms with E-state index in [4.69, 9.17) is 16.2 Å². The van der Waals surface area contributed by atoms with Crippen LogP contribution >= 0.6 is 11.3 Å². The molecular weight excluding hydrogens is 240 g/mol. The first kappa shape index (κ1) is 11.4. The molecule has 0 fully saturated rings. The molecule has 0 aliphatic rings. The molecule has 0 radical (unpaired) electrons.